The van der Waals surface area contributed by atoms with Crippen LogP contribution in [0.25, 0.3) is 0 Å². The van der Waals surface area contributed by atoms with Crippen molar-refractivity contribution in [2.45, 2.75) is 19.8 Å². The summed E-state index contributed by atoms with van der Waals surface area (Å²) in [5.74, 6) is 1.34. The topological polar surface area (TPSA) is 34.1 Å². The number of rotatable bonds is 1. The van der Waals surface area contributed by atoms with Gasteiger partial charge in [-0.2, -0.15) is 0 Å². The highest BCUT2D eigenvalue weighted by Gasteiger charge is 2.11. The van der Waals surface area contributed by atoms with Crippen molar-refractivity contribution in [3.05, 3.63) is 18.0 Å². The summed E-state index contributed by atoms with van der Waals surface area (Å²) < 4.78 is 5.43. The van der Waals surface area contributed by atoms with Gasteiger partial charge in [0.15, 0.2) is 5.75 Å². The van der Waals surface area contributed by atoms with Crippen LogP contribution in [0.5, 0.6) is 5.75 Å². The van der Waals surface area contributed by atoms with E-state index in [4.69, 9.17) is 4.74 Å². The van der Waals surface area contributed by atoms with Crippen LogP contribution in [0.1, 0.15) is 25.5 Å². The Morgan fingerprint density at radius 1 is 1.54 bits per heavy atom. The van der Waals surface area contributed by atoms with Crippen molar-refractivity contribution in [3.63, 3.8) is 0 Å². The lowest BCUT2D eigenvalue weighted by Gasteiger charge is -2.19. The van der Waals surface area contributed by atoms with Crippen LogP contribution in [0.4, 0.5) is 5.69 Å². The number of pyridine rings is 1. The van der Waals surface area contributed by atoms with E-state index in [2.05, 4.69) is 30.2 Å². The lowest BCUT2D eigenvalue weighted by Crippen LogP contribution is -2.18. The van der Waals surface area contributed by atoms with Gasteiger partial charge in [0.1, 0.15) is 6.61 Å². The number of hydrogen-bond donors (Lipinski definition) is 1. The molecule has 0 aromatic carbocycles. The summed E-state index contributed by atoms with van der Waals surface area (Å²) in [6, 6.07) is 2.07. The van der Waals surface area contributed by atoms with Gasteiger partial charge in [-0.15, -0.1) is 0 Å². The number of ether oxygens (including phenoxy) is 1. The smallest absolute Gasteiger partial charge is 0.160 e. The molecule has 3 heteroatoms. The van der Waals surface area contributed by atoms with Crippen molar-refractivity contribution in [3.8, 4) is 5.75 Å². The van der Waals surface area contributed by atoms with Crippen LogP contribution in [0.15, 0.2) is 12.3 Å². The van der Waals surface area contributed by atoms with E-state index in [1.807, 2.05) is 0 Å². The molecule has 70 valence electrons. The summed E-state index contributed by atoms with van der Waals surface area (Å²) in [6.45, 7) is 5.89. The molecule has 0 bridgehead atoms. The Bertz CT molecular complexity index is 310. The monoisotopic (exact) mass is 178 g/mol. The van der Waals surface area contributed by atoms with Gasteiger partial charge in [-0.3, -0.25) is 4.98 Å². The van der Waals surface area contributed by atoms with E-state index in [1.165, 1.54) is 0 Å². The summed E-state index contributed by atoms with van der Waals surface area (Å²) in [5, 5.41) is 3.29. The van der Waals surface area contributed by atoms with E-state index in [9.17, 15) is 0 Å². The first-order valence-corrected chi connectivity index (χ1v) is 4.64. The third-order valence-corrected chi connectivity index (χ3v) is 2.16. The van der Waals surface area contributed by atoms with E-state index in [1.54, 1.807) is 6.20 Å². The van der Waals surface area contributed by atoms with Crippen LogP contribution < -0.4 is 10.1 Å². The van der Waals surface area contributed by atoms with Crippen molar-refractivity contribution in [2.24, 2.45) is 0 Å². The van der Waals surface area contributed by atoms with Gasteiger partial charge in [0.05, 0.1) is 11.9 Å². The van der Waals surface area contributed by atoms with E-state index in [-0.39, 0.29) is 0 Å². The number of hydrogen-bond acceptors (Lipinski definition) is 3. The zero-order valence-corrected chi connectivity index (χ0v) is 8.00. The van der Waals surface area contributed by atoms with Gasteiger partial charge in [0, 0.05) is 12.2 Å². The molecule has 2 heterocycles. The molecule has 1 N–H and O–H groups in total. The van der Waals surface area contributed by atoms with Crippen molar-refractivity contribution in [1.82, 2.24) is 4.98 Å². The number of aromatic nitrogens is 1. The summed E-state index contributed by atoms with van der Waals surface area (Å²) in [5.41, 5.74) is 2.18. The Hall–Kier alpha value is -1.25. The predicted octanol–water partition coefficient (Wildman–Crippen LogP) is 2.01. The fraction of sp³-hybridized carbons (Fsp3) is 0.500. The highest BCUT2D eigenvalue weighted by Crippen LogP contribution is 2.28. The predicted molar refractivity (Wildman–Crippen MR) is 52.3 cm³/mol. The van der Waals surface area contributed by atoms with E-state index >= 15 is 0 Å². The van der Waals surface area contributed by atoms with E-state index in [0.29, 0.717) is 5.92 Å². The molecule has 0 spiro atoms. The van der Waals surface area contributed by atoms with E-state index < -0.39 is 0 Å². The molecule has 0 aliphatic carbocycles. The van der Waals surface area contributed by atoms with Gasteiger partial charge < -0.3 is 10.1 Å². The Morgan fingerprint density at radius 2 is 2.38 bits per heavy atom. The van der Waals surface area contributed by atoms with Crippen LogP contribution in [0.2, 0.25) is 0 Å². The highest BCUT2D eigenvalue weighted by atomic mass is 16.5. The number of anilines is 1. The van der Waals surface area contributed by atoms with E-state index in [0.717, 1.165) is 30.3 Å². The van der Waals surface area contributed by atoms with Crippen LogP contribution in [0.3, 0.4) is 0 Å². The molecule has 0 saturated carbocycles. The average Bonchev–Trinajstić information content (AvgIpc) is 2.17. The first-order chi connectivity index (χ1) is 6.27. The summed E-state index contributed by atoms with van der Waals surface area (Å²) in [6.07, 6.45) is 1.80. The van der Waals surface area contributed by atoms with Crippen LogP contribution in [0, 0.1) is 0 Å². The Balaban J connectivity index is 2.35. The molecule has 2 rings (SSSR count). The first kappa shape index (κ1) is 8.35. The zero-order valence-electron chi connectivity index (χ0n) is 8.00. The Morgan fingerprint density at radius 3 is 3.15 bits per heavy atom. The second-order valence-corrected chi connectivity index (χ2v) is 3.54. The number of nitrogens with one attached hydrogen (secondary N) is 1. The van der Waals surface area contributed by atoms with Gasteiger partial charge in [0.2, 0.25) is 0 Å². The molecule has 1 aliphatic rings. The fourth-order valence-corrected chi connectivity index (χ4v) is 1.37. The standard InChI is InChI=1S/C10H14N2O/c1-7(2)8-5-9-10(6-12-8)13-4-3-11-9/h5-7,11H,3-4H2,1-2H3. The molecule has 0 saturated heterocycles. The summed E-state index contributed by atoms with van der Waals surface area (Å²) in [4.78, 5) is 4.33. The van der Waals surface area contributed by atoms with Gasteiger partial charge in [0.25, 0.3) is 0 Å². The highest BCUT2D eigenvalue weighted by molar-refractivity contribution is 5.57. The quantitative estimate of drug-likeness (QED) is 0.714. The van der Waals surface area contributed by atoms with Gasteiger partial charge in [-0.25, -0.2) is 0 Å². The molecule has 0 amide bonds. The van der Waals surface area contributed by atoms with Crippen LogP contribution in [-0.4, -0.2) is 18.1 Å². The molecule has 1 aromatic heterocycles. The molecular formula is C10H14N2O. The minimum Gasteiger partial charge on any atom is -0.488 e. The number of fused-ring (bicyclic) bond motifs is 1. The first-order valence-electron chi connectivity index (χ1n) is 4.64. The second kappa shape index (κ2) is 3.24. The maximum absolute atomic E-state index is 5.43. The maximum atomic E-state index is 5.43. The minimum absolute atomic E-state index is 0.467. The summed E-state index contributed by atoms with van der Waals surface area (Å²) in [7, 11) is 0. The SMILES string of the molecule is CC(C)c1cc2c(cn1)OCCN2. The lowest BCUT2D eigenvalue weighted by atomic mass is 10.1. The molecule has 1 aromatic rings. The second-order valence-electron chi connectivity index (χ2n) is 3.54. The van der Waals surface area contributed by atoms with Crippen molar-refractivity contribution < 1.29 is 4.74 Å². The normalized spacial score (nSPS) is 14.7. The fourth-order valence-electron chi connectivity index (χ4n) is 1.37. The Kier molecular flexibility index (Phi) is 2.08. The minimum atomic E-state index is 0.467. The molecular weight excluding hydrogens is 164 g/mol. The zero-order chi connectivity index (χ0) is 9.26. The molecule has 13 heavy (non-hydrogen) atoms. The van der Waals surface area contributed by atoms with Crippen molar-refractivity contribution >= 4 is 5.69 Å². The third-order valence-electron chi connectivity index (χ3n) is 2.16. The molecule has 0 fully saturated rings. The van der Waals surface area contributed by atoms with Gasteiger partial charge in [-0.05, 0) is 12.0 Å². The molecule has 1 aliphatic heterocycles. The maximum Gasteiger partial charge on any atom is 0.160 e. The van der Waals surface area contributed by atoms with Gasteiger partial charge in [-0.1, -0.05) is 13.8 Å². The largest absolute Gasteiger partial charge is 0.488 e. The average molecular weight is 178 g/mol. The number of nitrogens with zero attached hydrogens (tertiary/aromatic N) is 1. The molecule has 0 atom stereocenters. The summed E-state index contributed by atoms with van der Waals surface area (Å²) >= 11 is 0. The van der Waals surface area contributed by atoms with Gasteiger partial charge >= 0.3 is 0 Å². The van der Waals surface area contributed by atoms with Crippen molar-refractivity contribution in [2.75, 3.05) is 18.5 Å². The molecule has 0 radical (unpaired) electrons. The Labute approximate surface area is 78.1 Å². The van der Waals surface area contributed by atoms with Crippen LogP contribution >= 0.6 is 0 Å². The van der Waals surface area contributed by atoms with Crippen LogP contribution in [-0.2, 0) is 0 Å². The molecule has 3 nitrogen and oxygen atoms in total. The molecule has 0 unspecified atom stereocenters. The third kappa shape index (κ3) is 1.59. The van der Waals surface area contributed by atoms with Crippen molar-refractivity contribution in [1.29, 1.82) is 0 Å². The lowest BCUT2D eigenvalue weighted by molar-refractivity contribution is 0.321.